The number of sulfone groups is 1. The average Bonchev–Trinajstić information content (AvgIpc) is 3.17. The first-order chi connectivity index (χ1) is 15.1. The zero-order valence-corrected chi connectivity index (χ0v) is 19.3. The van der Waals surface area contributed by atoms with Crippen LogP contribution in [0, 0.1) is 11.3 Å². The molecular formula is C21H21ClN6O3S. The summed E-state index contributed by atoms with van der Waals surface area (Å²) in [5, 5.41) is 16.4. The van der Waals surface area contributed by atoms with Crippen molar-refractivity contribution in [2.45, 2.75) is 37.6 Å². The molecule has 3 rings (SSSR count). The Morgan fingerprint density at radius 1 is 1.31 bits per heavy atom. The van der Waals surface area contributed by atoms with Crippen molar-refractivity contribution in [3.63, 3.8) is 0 Å². The van der Waals surface area contributed by atoms with Gasteiger partial charge in [-0.05, 0) is 43.7 Å². The predicted molar refractivity (Wildman–Crippen MR) is 118 cm³/mol. The van der Waals surface area contributed by atoms with E-state index in [1.54, 1.807) is 19.1 Å². The lowest BCUT2D eigenvalue weighted by Gasteiger charge is -2.15. The molecule has 0 saturated carbocycles. The summed E-state index contributed by atoms with van der Waals surface area (Å²) in [5.74, 6) is 0.989. The molecular weight excluding hydrogens is 452 g/mol. The smallest absolute Gasteiger partial charge is 0.251 e. The summed E-state index contributed by atoms with van der Waals surface area (Å²) < 4.78 is 25.3. The molecule has 2 heterocycles. The van der Waals surface area contributed by atoms with E-state index in [1.807, 2.05) is 13.0 Å². The van der Waals surface area contributed by atoms with Gasteiger partial charge in [0.05, 0.1) is 16.5 Å². The van der Waals surface area contributed by atoms with Gasteiger partial charge < -0.3 is 5.32 Å². The monoisotopic (exact) mass is 472 g/mol. The molecule has 1 N–H and O–H groups in total. The Morgan fingerprint density at radius 2 is 2.06 bits per heavy atom. The van der Waals surface area contributed by atoms with Crippen LogP contribution in [-0.2, 0) is 16.3 Å². The maximum absolute atomic E-state index is 12.8. The quantitative estimate of drug-likeness (QED) is 0.559. The van der Waals surface area contributed by atoms with Crippen LogP contribution in [0.1, 0.15) is 53.9 Å². The first-order valence-corrected chi connectivity index (χ1v) is 12.0. The van der Waals surface area contributed by atoms with Gasteiger partial charge in [0, 0.05) is 29.5 Å². The van der Waals surface area contributed by atoms with Gasteiger partial charge in [0.2, 0.25) is 0 Å². The second kappa shape index (κ2) is 9.46. The molecule has 1 aromatic carbocycles. The number of nitrogens with zero attached hydrogens (tertiary/aromatic N) is 5. The second-order valence-electron chi connectivity index (χ2n) is 7.21. The van der Waals surface area contributed by atoms with Crippen LogP contribution in [-0.4, -0.2) is 40.3 Å². The lowest BCUT2D eigenvalue weighted by Crippen LogP contribution is -2.29. The Morgan fingerprint density at radius 3 is 2.66 bits per heavy atom. The third-order valence-electron chi connectivity index (χ3n) is 4.54. The number of benzene rings is 1. The molecule has 0 aliphatic heterocycles. The number of aryl methyl sites for hydroxylation is 1. The Hall–Kier alpha value is -3.29. The lowest BCUT2D eigenvalue weighted by molar-refractivity contribution is 0.0937. The van der Waals surface area contributed by atoms with E-state index in [1.165, 1.54) is 29.1 Å². The van der Waals surface area contributed by atoms with E-state index in [-0.39, 0.29) is 15.5 Å². The highest BCUT2D eigenvalue weighted by molar-refractivity contribution is 7.90. The van der Waals surface area contributed by atoms with Gasteiger partial charge in [-0.25, -0.2) is 18.4 Å². The molecule has 0 unspecified atom stereocenters. The van der Waals surface area contributed by atoms with Gasteiger partial charge >= 0.3 is 0 Å². The Balaban J connectivity index is 1.93. The van der Waals surface area contributed by atoms with Crippen molar-refractivity contribution < 1.29 is 13.2 Å². The highest BCUT2D eigenvalue weighted by atomic mass is 35.5. The number of nitrogens with one attached hydrogen (secondary N) is 1. The number of amides is 1. The summed E-state index contributed by atoms with van der Waals surface area (Å²) in [6.07, 6.45) is 3.96. The number of halogens is 1. The molecule has 0 saturated heterocycles. The Labute approximate surface area is 191 Å². The molecule has 0 aliphatic rings. The van der Waals surface area contributed by atoms with Crippen LogP contribution in [0.3, 0.4) is 0 Å². The summed E-state index contributed by atoms with van der Waals surface area (Å²) in [7, 11) is -3.54. The van der Waals surface area contributed by atoms with Gasteiger partial charge in [0.15, 0.2) is 27.3 Å². The molecule has 0 radical (unpaired) electrons. The highest BCUT2D eigenvalue weighted by Gasteiger charge is 2.22. The van der Waals surface area contributed by atoms with E-state index in [0.717, 1.165) is 12.7 Å². The van der Waals surface area contributed by atoms with Crippen molar-refractivity contribution in [1.82, 2.24) is 25.1 Å². The number of hydrogen-bond acceptors (Lipinski definition) is 7. The topological polar surface area (TPSA) is 131 Å². The molecule has 11 heteroatoms. The number of carbonyl (C=O) groups is 1. The van der Waals surface area contributed by atoms with Crippen LogP contribution in [0.5, 0.6) is 0 Å². The number of hydrogen-bond donors (Lipinski definition) is 1. The van der Waals surface area contributed by atoms with E-state index in [4.69, 9.17) is 16.9 Å². The zero-order chi connectivity index (χ0) is 23.5. The van der Waals surface area contributed by atoms with E-state index < -0.39 is 21.8 Å². The summed E-state index contributed by atoms with van der Waals surface area (Å²) in [4.78, 5) is 21.6. The molecule has 0 fully saturated rings. The van der Waals surface area contributed by atoms with Gasteiger partial charge in [0.1, 0.15) is 6.07 Å². The number of rotatable bonds is 7. The van der Waals surface area contributed by atoms with Crippen molar-refractivity contribution in [3.05, 3.63) is 64.3 Å². The Kier molecular flexibility index (Phi) is 6.91. The molecule has 0 spiro atoms. The van der Waals surface area contributed by atoms with Crippen molar-refractivity contribution in [2.75, 3.05) is 6.26 Å². The minimum Gasteiger partial charge on any atom is -0.342 e. The van der Waals surface area contributed by atoms with Crippen LogP contribution in [0.15, 0.2) is 41.4 Å². The van der Waals surface area contributed by atoms with Gasteiger partial charge in [0.25, 0.3) is 5.91 Å². The molecule has 166 valence electrons. The summed E-state index contributed by atoms with van der Waals surface area (Å²) in [5.41, 5.74) is 0.523. The third kappa shape index (κ3) is 5.30. The van der Waals surface area contributed by atoms with Crippen LogP contribution < -0.4 is 5.32 Å². The first-order valence-electron chi connectivity index (χ1n) is 9.76. The highest BCUT2D eigenvalue weighted by Crippen LogP contribution is 2.21. The SMILES string of the molecule is CCCc1nc([C@H](C)NC(=O)c2cc(Cl)cc(S(C)(=O)=O)c2)n(-c2ccc(C#N)cn2)n1. The maximum atomic E-state index is 12.8. The number of pyridine rings is 1. The normalized spacial score (nSPS) is 12.2. The van der Waals surface area contributed by atoms with Crippen LogP contribution in [0.25, 0.3) is 5.82 Å². The summed E-state index contributed by atoms with van der Waals surface area (Å²) in [6, 6.07) is 8.66. The van der Waals surface area contributed by atoms with Crippen molar-refractivity contribution in [2.24, 2.45) is 0 Å². The number of nitriles is 1. The van der Waals surface area contributed by atoms with Gasteiger partial charge in [-0.1, -0.05) is 18.5 Å². The summed E-state index contributed by atoms with van der Waals surface area (Å²) in [6.45, 7) is 3.74. The zero-order valence-electron chi connectivity index (χ0n) is 17.7. The molecule has 0 bridgehead atoms. The molecule has 1 atom stereocenters. The van der Waals surface area contributed by atoms with Crippen molar-refractivity contribution in [1.29, 1.82) is 5.26 Å². The predicted octanol–water partition coefficient (Wildman–Crippen LogP) is 3.03. The van der Waals surface area contributed by atoms with Gasteiger partial charge in [-0.15, -0.1) is 5.10 Å². The molecule has 2 aromatic heterocycles. The molecule has 1 amide bonds. The van der Waals surface area contributed by atoms with Crippen LogP contribution in [0.2, 0.25) is 5.02 Å². The second-order valence-corrected chi connectivity index (χ2v) is 9.66. The number of aromatic nitrogens is 4. The Bertz CT molecular complexity index is 1300. The van der Waals surface area contributed by atoms with E-state index in [2.05, 4.69) is 20.4 Å². The minimum absolute atomic E-state index is 0.0435. The molecule has 32 heavy (non-hydrogen) atoms. The van der Waals surface area contributed by atoms with Crippen LogP contribution >= 0.6 is 11.6 Å². The fourth-order valence-corrected chi connectivity index (χ4v) is 3.96. The largest absolute Gasteiger partial charge is 0.342 e. The fraction of sp³-hybridized carbons (Fsp3) is 0.286. The fourth-order valence-electron chi connectivity index (χ4n) is 2.98. The van der Waals surface area contributed by atoms with E-state index >= 15 is 0 Å². The standard InChI is InChI=1S/C21H21ClN6O3S/c1-4-5-18-26-20(28(27-18)19-7-6-14(11-23)12-24-19)13(2)25-21(29)15-8-16(22)10-17(9-15)32(3,30)31/h6-10,12-13H,4-5H2,1-3H3,(H,25,29)/t13-/m0/s1. The third-order valence-corrected chi connectivity index (χ3v) is 5.85. The summed E-state index contributed by atoms with van der Waals surface area (Å²) >= 11 is 6.02. The van der Waals surface area contributed by atoms with E-state index in [9.17, 15) is 13.2 Å². The maximum Gasteiger partial charge on any atom is 0.251 e. The molecule has 3 aromatic rings. The number of carbonyl (C=O) groups excluding carboxylic acids is 1. The van der Waals surface area contributed by atoms with Gasteiger partial charge in [-0.3, -0.25) is 4.79 Å². The van der Waals surface area contributed by atoms with Crippen LogP contribution in [0.4, 0.5) is 0 Å². The van der Waals surface area contributed by atoms with Crippen molar-refractivity contribution >= 4 is 27.3 Å². The average molecular weight is 473 g/mol. The van der Waals surface area contributed by atoms with Crippen molar-refractivity contribution in [3.8, 4) is 11.9 Å². The van der Waals surface area contributed by atoms with E-state index in [0.29, 0.717) is 29.5 Å². The molecule has 9 nitrogen and oxygen atoms in total. The lowest BCUT2D eigenvalue weighted by atomic mass is 10.2. The molecule has 0 aliphatic carbocycles. The van der Waals surface area contributed by atoms with Gasteiger partial charge in [-0.2, -0.15) is 9.94 Å². The minimum atomic E-state index is -3.54. The first kappa shape index (κ1) is 23.4.